The quantitative estimate of drug-likeness (QED) is 0.663. The van der Waals surface area contributed by atoms with E-state index in [1.165, 1.54) is 44.9 Å². The van der Waals surface area contributed by atoms with Gasteiger partial charge in [0.25, 0.3) is 0 Å². The average molecular weight is 290 g/mol. The van der Waals surface area contributed by atoms with Crippen LogP contribution in [0.1, 0.15) is 78.6 Å². The van der Waals surface area contributed by atoms with Crippen LogP contribution in [0.3, 0.4) is 0 Å². The Balaban J connectivity index is 1.64. The Morgan fingerprint density at radius 2 is 1.67 bits per heavy atom. The van der Waals surface area contributed by atoms with Crippen molar-refractivity contribution in [2.75, 3.05) is 0 Å². The number of aliphatic hydroxyl groups excluding tert-OH is 1. The lowest BCUT2D eigenvalue weighted by molar-refractivity contribution is -0.126. The summed E-state index contributed by atoms with van der Waals surface area (Å²) in [4.78, 5) is 0. The van der Waals surface area contributed by atoms with E-state index in [0.717, 1.165) is 42.4 Å². The molecule has 0 saturated heterocycles. The van der Waals surface area contributed by atoms with Crippen molar-refractivity contribution in [2.24, 2.45) is 40.4 Å². The highest BCUT2D eigenvalue weighted by atomic mass is 16.3. The Morgan fingerprint density at radius 1 is 0.905 bits per heavy atom. The minimum atomic E-state index is -0.00103. The molecule has 0 aromatic heterocycles. The van der Waals surface area contributed by atoms with Crippen LogP contribution in [0.2, 0.25) is 0 Å². The maximum absolute atomic E-state index is 10.1. The first-order valence-electron chi connectivity index (χ1n) is 9.62. The Morgan fingerprint density at radius 3 is 2.48 bits per heavy atom. The van der Waals surface area contributed by atoms with Gasteiger partial charge in [-0.3, -0.25) is 0 Å². The van der Waals surface area contributed by atoms with Crippen molar-refractivity contribution in [2.45, 2.75) is 84.7 Å². The fourth-order valence-corrected chi connectivity index (χ4v) is 7.70. The van der Waals surface area contributed by atoms with Gasteiger partial charge in [-0.1, -0.05) is 20.8 Å². The second-order valence-electron chi connectivity index (χ2n) is 9.71. The first-order valence-corrected chi connectivity index (χ1v) is 9.62. The van der Waals surface area contributed by atoms with Crippen molar-refractivity contribution in [1.29, 1.82) is 0 Å². The lowest BCUT2D eigenvalue weighted by Crippen LogP contribution is -2.53. The van der Waals surface area contributed by atoms with Gasteiger partial charge in [0.15, 0.2) is 0 Å². The summed E-state index contributed by atoms with van der Waals surface area (Å²) in [7, 11) is 0. The lowest BCUT2D eigenvalue weighted by atomic mass is 9.44. The molecular formula is C20H34O. The highest BCUT2D eigenvalue weighted by Crippen LogP contribution is 2.67. The molecule has 4 fully saturated rings. The molecule has 1 N–H and O–H groups in total. The van der Waals surface area contributed by atoms with Crippen LogP contribution in [0, 0.1) is 40.4 Å². The third kappa shape index (κ3) is 1.98. The zero-order valence-corrected chi connectivity index (χ0v) is 14.3. The van der Waals surface area contributed by atoms with E-state index in [1.807, 2.05) is 0 Å². The summed E-state index contributed by atoms with van der Waals surface area (Å²) in [6.07, 6.45) is 12.2. The minimum absolute atomic E-state index is 0.00103. The maximum Gasteiger partial charge on any atom is 0.0543 e. The van der Waals surface area contributed by atoms with Crippen LogP contribution >= 0.6 is 0 Å². The second-order valence-corrected chi connectivity index (χ2v) is 9.71. The summed E-state index contributed by atoms with van der Waals surface area (Å²) >= 11 is 0. The summed E-state index contributed by atoms with van der Waals surface area (Å²) in [6.45, 7) is 7.75. The number of hydrogen-bond acceptors (Lipinski definition) is 1. The van der Waals surface area contributed by atoms with Gasteiger partial charge in [0.05, 0.1) is 6.10 Å². The van der Waals surface area contributed by atoms with Crippen LogP contribution in [-0.4, -0.2) is 11.2 Å². The van der Waals surface area contributed by atoms with Crippen molar-refractivity contribution in [1.82, 2.24) is 0 Å². The van der Waals surface area contributed by atoms with Crippen molar-refractivity contribution >= 4 is 0 Å². The third-order valence-corrected chi connectivity index (χ3v) is 8.79. The van der Waals surface area contributed by atoms with Gasteiger partial charge in [-0.05, 0) is 98.2 Å². The fraction of sp³-hybridized carbons (Fsp3) is 1.00. The molecular weight excluding hydrogens is 256 g/mol. The van der Waals surface area contributed by atoms with E-state index in [2.05, 4.69) is 20.8 Å². The molecule has 0 amide bonds. The molecule has 1 nitrogen and oxygen atoms in total. The van der Waals surface area contributed by atoms with Gasteiger partial charge in [-0.15, -0.1) is 0 Å². The third-order valence-electron chi connectivity index (χ3n) is 8.79. The zero-order valence-electron chi connectivity index (χ0n) is 14.3. The van der Waals surface area contributed by atoms with Gasteiger partial charge >= 0.3 is 0 Å². The first-order chi connectivity index (χ1) is 9.94. The Bertz CT molecular complexity index is 418. The largest absolute Gasteiger partial charge is 0.393 e. The normalized spacial score (nSPS) is 60.0. The molecule has 4 rings (SSSR count). The predicted octanol–water partition coefficient (Wildman–Crippen LogP) is 5.03. The number of rotatable bonds is 0. The zero-order chi connectivity index (χ0) is 14.8. The molecule has 2 unspecified atom stereocenters. The van der Waals surface area contributed by atoms with E-state index in [9.17, 15) is 5.11 Å². The molecule has 0 aliphatic heterocycles. The first kappa shape index (κ1) is 14.5. The van der Waals surface area contributed by atoms with Gasteiger partial charge < -0.3 is 5.11 Å². The molecule has 8 atom stereocenters. The number of fused-ring (bicyclic) bond motifs is 5. The summed E-state index contributed by atoms with van der Waals surface area (Å²) < 4.78 is 0. The maximum atomic E-state index is 10.1. The average Bonchev–Trinajstić information content (AvgIpc) is 2.76. The van der Waals surface area contributed by atoms with Crippen LogP contribution < -0.4 is 0 Å². The van der Waals surface area contributed by atoms with Crippen molar-refractivity contribution < 1.29 is 5.11 Å². The minimum Gasteiger partial charge on any atom is -0.393 e. The topological polar surface area (TPSA) is 20.2 Å². The van der Waals surface area contributed by atoms with Crippen molar-refractivity contribution in [3.8, 4) is 0 Å². The molecule has 4 aliphatic rings. The summed E-state index contributed by atoms with van der Waals surface area (Å²) in [5.41, 5.74) is 1.21. The smallest absolute Gasteiger partial charge is 0.0543 e. The molecule has 0 heterocycles. The SMILES string of the molecule is CC1CC[C@@]2(C)CC[C@H]3[C@@H](CC[C@H]4CC(O)CC[C@@]43C)[C@H]12. The highest BCUT2D eigenvalue weighted by Gasteiger charge is 2.59. The van der Waals surface area contributed by atoms with Crippen molar-refractivity contribution in [3.63, 3.8) is 0 Å². The van der Waals surface area contributed by atoms with E-state index >= 15 is 0 Å². The number of hydrogen-bond donors (Lipinski definition) is 1. The van der Waals surface area contributed by atoms with Gasteiger partial charge in [0.1, 0.15) is 0 Å². The molecule has 4 saturated carbocycles. The standard InChI is InChI=1S/C20H34O/c1-13-6-9-19(2)10-8-17-16(18(13)19)5-4-14-12-15(21)7-11-20(14,17)3/h13-18,21H,4-12H2,1-3H3/t13?,14-,15?,16+,17-,18-,19-,20-/m0/s1. The van der Waals surface area contributed by atoms with E-state index in [1.54, 1.807) is 0 Å². The van der Waals surface area contributed by atoms with E-state index in [4.69, 9.17) is 0 Å². The summed E-state index contributed by atoms with van der Waals surface area (Å²) in [5, 5.41) is 10.1. The monoisotopic (exact) mass is 290 g/mol. The molecule has 120 valence electrons. The molecule has 4 aliphatic carbocycles. The van der Waals surface area contributed by atoms with Crippen molar-refractivity contribution in [3.05, 3.63) is 0 Å². The van der Waals surface area contributed by atoms with E-state index in [0.29, 0.717) is 10.8 Å². The van der Waals surface area contributed by atoms with Gasteiger partial charge in [-0.25, -0.2) is 0 Å². The van der Waals surface area contributed by atoms with Gasteiger partial charge in [0.2, 0.25) is 0 Å². The van der Waals surface area contributed by atoms with Crippen LogP contribution in [0.5, 0.6) is 0 Å². The van der Waals surface area contributed by atoms with Crippen LogP contribution in [-0.2, 0) is 0 Å². The van der Waals surface area contributed by atoms with E-state index < -0.39 is 0 Å². The molecule has 1 heteroatoms. The molecule has 0 radical (unpaired) electrons. The molecule has 21 heavy (non-hydrogen) atoms. The van der Waals surface area contributed by atoms with Gasteiger partial charge in [-0.2, -0.15) is 0 Å². The Kier molecular flexibility index (Phi) is 3.27. The number of aliphatic hydroxyl groups is 1. The van der Waals surface area contributed by atoms with Crippen LogP contribution in [0.25, 0.3) is 0 Å². The predicted molar refractivity (Wildman–Crippen MR) is 86.9 cm³/mol. The van der Waals surface area contributed by atoms with Crippen LogP contribution in [0.4, 0.5) is 0 Å². The Labute approximate surface area is 130 Å². The molecule has 0 aromatic carbocycles. The highest BCUT2D eigenvalue weighted by molar-refractivity contribution is 5.08. The molecule has 0 spiro atoms. The summed E-state index contributed by atoms with van der Waals surface area (Å²) in [5.74, 6) is 4.72. The Hall–Kier alpha value is -0.0400. The molecule has 0 bridgehead atoms. The fourth-order valence-electron chi connectivity index (χ4n) is 7.70. The lowest BCUT2D eigenvalue weighted by Gasteiger charge is -2.61. The van der Waals surface area contributed by atoms with Gasteiger partial charge in [0, 0.05) is 0 Å². The summed E-state index contributed by atoms with van der Waals surface area (Å²) in [6, 6.07) is 0. The molecule has 0 aromatic rings. The van der Waals surface area contributed by atoms with Crippen LogP contribution in [0.15, 0.2) is 0 Å². The second kappa shape index (κ2) is 4.73. The van der Waals surface area contributed by atoms with E-state index in [-0.39, 0.29) is 6.10 Å².